The van der Waals surface area contributed by atoms with Gasteiger partial charge in [-0.05, 0) is 43.3 Å². The van der Waals surface area contributed by atoms with E-state index in [1.54, 1.807) is 6.92 Å². The van der Waals surface area contributed by atoms with Gasteiger partial charge in [0.15, 0.2) is 5.92 Å². The zero-order valence-corrected chi connectivity index (χ0v) is 16.6. The van der Waals surface area contributed by atoms with E-state index in [0.29, 0.717) is 11.0 Å². The maximum atomic E-state index is 13.0. The summed E-state index contributed by atoms with van der Waals surface area (Å²) in [6, 6.07) is 8.30. The van der Waals surface area contributed by atoms with Crippen LogP contribution in [0.4, 0.5) is 29.3 Å². The highest BCUT2D eigenvalue weighted by Gasteiger charge is 2.41. The summed E-state index contributed by atoms with van der Waals surface area (Å²) in [6.07, 6.45) is -3.74. The minimum Gasteiger partial charge on any atom is -0.462 e. The number of ether oxygens (including phenoxy) is 1. The number of hydrogen-bond donors (Lipinski definition) is 1. The number of nitrogens with one attached hydrogen (secondary N) is 1. The van der Waals surface area contributed by atoms with Gasteiger partial charge in [-0.1, -0.05) is 12.1 Å². The molecule has 0 unspecified atom stereocenters. The van der Waals surface area contributed by atoms with Crippen LogP contribution in [-0.2, 0) is 20.5 Å². The molecule has 166 valence electrons. The van der Waals surface area contributed by atoms with Crippen molar-refractivity contribution in [1.29, 1.82) is 0 Å². The van der Waals surface area contributed by atoms with Crippen LogP contribution in [0.2, 0.25) is 0 Å². The van der Waals surface area contributed by atoms with Gasteiger partial charge < -0.3 is 4.74 Å². The van der Waals surface area contributed by atoms with Crippen molar-refractivity contribution in [1.82, 2.24) is 5.32 Å². The Bertz CT molecular complexity index is 1110. The van der Waals surface area contributed by atoms with Crippen molar-refractivity contribution in [3.8, 4) is 0 Å². The highest BCUT2D eigenvalue weighted by molar-refractivity contribution is 6.32. The van der Waals surface area contributed by atoms with Crippen LogP contribution in [0.25, 0.3) is 0 Å². The van der Waals surface area contributed by atoms with Gasteiger partial charge in [-0.15, -0.1) is 0 Å². The Kier molecular flexibility index (Phi) is 6.37. The van der Waals surface area contributed by atoms with Crippen LogP contribution < -0.4 is 10.2 Å². The molecule has 8 nitrogen and oxygen atoms in total. The number of benzene rings is 2. The summed E-state index contributed by atoms with van der Waals surface area (Å²) in [7, 11) is 0. The van der Waals surface area contributed by atoms with Crippen LogP contribution in [0.5, 0.6) is 0 Å². The third kappa shape index (κ3) is 4.82. The Morgan fingerprint density at radius 3 is 2.56 bits per heavy atom. The molecule has 0 spiro atoms. The minimum atomic E-state index is -4.69. The van der Waals surface area contributed by atoms with Gasteiger partial charge in [0.25, 0.3) is 5.91 Å². The molecule has 2 aromatic carbocycles. The molecule has 32 heavy (non-hydrogen) atoms. The lowest BCUT2D eigenvalue weighted by Gasteiger charge is -2.28. The number of amides is 4. The van der Waals surface area contributed by atoms with Crippen molar-refractivity contribution in [2.24, 2.45) is 10.9 Å². The maximum absolute atomic E-state index is 13.0. The molecular weight excluding hydrogens is 431 g/mol. The van der Waals surface area contributed by atoms with Crippen molar-refractivity contribution >= 4 is 41.4 Å². The van der Waals surface area contributed by atoms with Crippen molar-refractivity contribution in [3.63, 3.8) is 0 Å². The molecule has 0 aliphatic carbocycles. The van der Waals surface area contributed by atoms with E-state index in [9.17, 15) is 32.3 Å². The molecule has 1 fully saturated rings. The largest absolute Gasteiger partial charge is 0.462 e. The van der Waals surface area contributed by atoms with Crippen LogP contribution in [0.1, 0.15) is 22.8 Å². The lowest BCUT2D eigenvalue weighted by molar-refractivity contribution is -0.138. The fourth-order valence-corrected chi connectivity index (χ4v) is 2.88. The number of urea groups is 1. The second-order valence-corrected chi connectivity index (χ2v) is 6.54. The number of aliphatic imine (C=N–C) groups is 1. The predicted molar refractivity (Wildman–Crippen MR) is 107 cm³/mol. The van der Waals surface area contributed by atoms with E-state index >= 15 is 0 Å². The second kappa shape index (κ2) is 9.00. The average Bonchev–Trinajstić information content (AvgIpc) is 2.73. The Balaban J connectivity index is 1.88. The van der Waals surface area contributed by atoms with E-state index in [1.807, 2.05) is 5.32 Å². The lowest BCUT2D eigenvalue weighted by atomic mass is 10.0. The molecular formula is C21H16F3N3O5. The monoisotopic (exact) mass is 447 g/mol. The number of carbonyl (C=O) groups excluding carboxylic acids is 4. The molecule has 1 atom stereocenters. The number of imide groups is 2. The van der Waals surface area contributed by atoms with Crippen LogP contribution in [0.3, 0.4) is 0 Å². The number of hydrogen-bond acceptors (Lipinski definition) is 6. The fourth-order valence-electron chi connectivity index (χ4n) is 2.88. The van der Waals surface area contributed by atoms with E-state index in [-0.39, 0.29) is 23.5 Å². The normalized spacial score (nSPS) is 16.9. The molecule has 2 aromatic rings. The first-order valence-electron chi connectivity index (χ1n) is 9.29. The molecule has 0 radical (unpaired) electrons. The minimum absolute atomic E-state index is 0.169. The van der Waals surface area contributed by atoms with E-state index < -0.39 is 41.5 Å². The average molecular weight is 447 g/mol. The quantitative estimate of drug-likeness (QED) is 0.429. The Hall–Kier alpha value is -4.02. The zero-order valence-electron chi connectivity index (χ0n) is 16.6. The smallest absolute Gasteiger partial charge is 0.416 e. The maximum Gasteiger partial charge on any atom is 0.416 e. The lowest BCUT2D eigenvalue weighted by Crippen LogP contribution is -2.58. The van der Waals surface area contributed by atoms with Gasteiger partial charge in [-0.25, -0.2) is 14.5 Å². The molecule has 1 heterocycles. The van der Waals surface area contributed by atoms with Gasteiger partial charge in [0, 0.05) is 6.21 Å². The molecule has 1 aliphatic rings. The van der Waals surface area contributed by atoms with Gasteiger partial charge in [0.2, 0.25) is 5.91 Å². The summed E-state index contributed by atoms with van der Waals surface area (Å²) in [5.41, 5.74) is -0.994. The summed E-state index contributed by atoms with van der Waals surface area (Å²) >= 11 is 0. The van der Waals surface area contributed by atoms with Crippen molar-refractivity contribution in [2.75, 3.05) is 11.5 Å². The summed E-state index contributed by atoms with van der Waals surface area (Å²) in [5, 5.41) is 1.93. The SMILES string of the molecule is CCOC(=O)c1cccc(N=C[C@H]2C(=O)NC(=O)N(c3cccc(C(F)(F)F)c3)C2=O)c1. The predicted octanol–water partition coefficient (Wildman–Crippen LogP) is 3.48. The number of esters is 1. The summed E-state index contributed by atoms with van der Waals surface area (Å²) in [5.74, 6) is -4.21. The van der Waals surface area contributed by atoms with Crippen LogP contribution in [0.15, 0.2) is 53.5 Å². The first-order chi connectivity index (χ1) is 15.1. The van der Waals surface area contributed by atoms with Gasteiger partial charge in [-0.3, -0.25) is 19.9 Å². The molecule has 1 aliphatic heterocycles. The van der Waals surface area contributed by atoms with Crippen molar-refractivity contribution in [3.05, 3.63) is 59.7 Å². The standard InChI is InChI=1S/C21H16F3N3O5/c1-2-32-19(30)12-5-3-7-14(9-12)25-11-16-17(28)26-20(31)27(18(16)29)15-8-4-6-13(10-15)21(22,23)24/h3-11,16H,2H2,1H3,(H,26,28,31)/t16-/m0/s1. The molecule has 0 bridgehead atoms. The molecule has 4 amide bonds. The summed E-state index contributed by atoms with van der Waals surface area (Å²) in [4.78, 5) is 53.4. The first-order valence-corrected chi connectivity index (χ1v) is 9.29. The van der Waals surface area contributed by atoms with E-state index in [1.165, 1.54) is 24.3 Å². The third-order valence-electron chi connectivity index (χ3n) is 4.36. The molecule has 1 saturated heterocycles. The Morgan fingerprint density at radius 1 is 1.16 bits per heavy atom. The summed E-state index contributed by atoms with van der Waals surface area (Å²) in [6.45, 7) is 1.81. The highest BCUT2D eigenvalue weighted by atomic mass is 19.4. The third-order valence-corrected chi connectivity index (χ3v) is 4.36. The molecule has 0 saturated carbocycles. The van der Waals surface area contributed by atoms with Gasteiger partial charge in [0.1, 0.15) is 0 Å². The van der Waals surface area contributed by atoms with E-state index in [4.69, 9.17) is 4.74 Å². The topological polar surface area (TPSA) is 105 Å². The molecule has 11 heteroatoms. The highest BCUT2D eigenvalue weighted by Crippen LogP contribution is 2.32. The number of barbiturate groups is 1. The first kappa shape index (κ1) is 22.7. The zero-order chi connectivity index (χ0) is 23.5. The Labute approximate surface area is 179 Å². The number of carbonyl (C=O) groups is 4. The van der Waals surface area contributed by atoms with E-state index in [2.05, 4.69) is 4.99 Å². The second-order valence-electron chi connectivity index (χ2n) is 6.54. The summed E-state index contributed by atoms with van der Waals surface area (Å²) < 4.78 is 43.9. The molecule has 0 aromatic heterocycles. The van der Waals surface area contributed by atoms with Crippen LogP contribution in [0, 0.1) is 5.92 Å². The Morgan fingerprint density at radius 2 is 1.88 bits per heavy atom. The number of rotatable bonds is 5. The fraction of sp³-hybridized carbons (Fsp3) is 0.190. The van der Waals surface area contributed by atoms with Crippen LogP contribution in [-0.4, -0.2) is 36.6 Å². The van der Waals surface area contributed by atoms with Crippen molar-refractivity contribution < 1.29 is 37.1 Å². The van der Waals surface area contributed by atoms with Gasteiger partial charge >= 0.3 is 18.2 Å². The molecule has 3 rings (SSSR count). The van der Waals surface area contributed by atoms with Gasteiger partial charge in [0.05, 0.1) is 29.1 Å². The number of nitrogens with zero attached hydrogens (tertiary/aromatic N) is 2. The molecule has 1 N–H and O–H groups in total. The van der Waals surface area contributed by atoms with Crippen molar-refractivity contribution in [2.45, 2.75) is 13.1 Å². The van der Waals surface area contributed by atoms with Gasteiger partial charge in [-0.2, -0.15) is 13.2 Å². The number of alkyl halides is 3. The number of anilines is 1. The number of halogens is 3. The van der Waals surface area contributed by atoms with Crippen LogP contribution >= 0.6 is 0 Å². The van der Waals surface area contributed by atoms with E-state index in [0.717, 1.165) is 24.4 Å².